The van der Waals surface area contributed by atoms with Crippen molar-refractivity contribution in [2.75, 3.05) is 23.5 Å². The lowest BCUT2D eigenvalue weighted by atomic mass is 10.2. The third kappa shape index (κ3) is 2.76. The van der Waals surface area contributed by atoms with E-state index in [4.69, 9.17) is 16.7 Å². The van der Waals surface area contributed by atoms with Crippen molar-refractivity contribution in [2.24, 2.45) is 0 Å². The van der Waals surface area contributed by atoms with E-state index < -0.39 is 9.84 Å². The number of aromatic nitrogens is 1. The fourth-order valence-corrected chi connectivity index (χ4v) is 4.17. The minimum atomic E-state index is -2.93. The summed E-state index contributed by atoms with van der Waals surface area (Å²) in [5, 5.41) is 9.40. The van der Waals surface area contributed by atoms with Crippen molar-refractivity contribution in [1.82, 2.24) is 4.98 Å². The van der Waals surface area contributed by atoms with Crippen LogP contribution in [-0.4, -0.2) is 43.1 Å². The van der Waals surface area contributed by atoms with E-state index in [-0.39, 0.29) is 24.2 Å². The Bertz CT molecular complexity index is 547. The number of pyridine rings is 1. The second kappa shape index (κ2) is 5.03. The van der Waals surface area contributed by atoms with Gasteiger partial charge in [0.25, 0.3) is 0 Å². The van der Waals surface area contributed by atoms with E-state index >= 15 is 0 Å². The van der Waals surface area contributed by atoms with Crippen LogP contribution in [-0.2, 0) is 16.4 Å². The van der Waals surface area contributed by atoms with E-state index in [1.54, 1.807) is 24.2 Å². The van der Waals surface area contributed by atoms with Crippen molar-refractivity contribution >= 4 is 27.3 Å². The van der Waals surface area contributed by atoms with Crippen LogP contribution in [0.3, 0.4) is 0 Å². The maximum atomic E-state index is 11.4. The molecule has 7 heteroatoms. The molecule has 2 rings (SSSR count). The van der Waals surface area contributed by atoms with Gasteiger partial charge in [0.15, 0.2) is 9.84 Å². The summed E-state index contributed by atoms with van der Waals surface area (Å²) >= 11 is 6.09. The zero-order chi connectivity index (χ0) is 13.3. The molecule has 100 valence electrons. The molecule has 0 amide bonds. The number of aliphatic hydroxyl groups is 1. The van der Waals surface area contributed by atoms with Gasteiger partial charge in [0.1, 0.15) is 5.82 Å². The lowest BCUT2D eigenvalue weighted by Crippen LogP contribution is -2.33. The summed E-state index contributed by atoms with van der Waals surface area (Å²) < 4.78 is 22.9. The van der Waals surface area contributed by atoms with Crippen molar-refractivity contribution < 1.29 is 13.5 Å². The number of halogens is 1. The Morgan fingerprint density at radius 1 is 1.61 bits per heavy atom. The lowest BCUT2D eigenvalue weighted by Gasteiger charge is -2.25. The Labute approximate surface area is 111 Å². The van der Waals surface area contributed by atoms with Gasteiger partial charge in [-0.15, -0.1) is 0 Å². The third-order valence-corrected chi connectivity index (χ3v) is 5.18. The van der Waals surface area contributed by atoms with Gasteiger partial charge < -0.3 is 10.0 Å². The van der Waals surface area contributed by atoms with Crippen molar-refractivity contribution in [3.8, 4) is 0 Å². The van der Waals surface area contributed by atoms with Crippen LogP contribution < -0.4 is 4.90 Å². The molecule has 1 aliphatic rings. The molecule has 0 saturated carbocycles. The topological polar surface area (TPSA) is 70.5 Å². The van der Waals surface area contributed by atoms with Gasteiger partial charge in [0.2, 0.25) is 0 Å². The number of hydrogen-bond acceptors (Lipinski definition) is 5. The van der Waals surface area contributed by atoms with Gasteiger partial charge in [0, 0.05) is 19.3 Å². The second-order valence-corrected chi connectivity index (χ2v) is 7.11. The average Bonchev–Trinajstić information content (AvgIpc) is 2.68. The Kier molecular flexibility index (Phi) is 3.79. The number of sulfone groups is 1. The molecule has 0 aromatic carbocycles. The Morgan fingerprint density at radius 3 is 2.83 bits per heavy atom. The van der Waals surface area contributed by atoms with E-state index in [1.807, 2.05) is 0 Å². The first-order valence-electron chi connectivity index (χ1n) is 5.61. The molecular weight excluding hydrogens is 276 g/mol. The number of anilines is 1. The highest BCUT2D eigenvalue weighted by Crippen LogP contribution is 2.28. The molecule has 1 N–H and O–H groups in total. The van der Waals surface area contributed by atoms with Crippen molar-refractivity contribution in [3.63, 3.8) is 0 Å². The first-order valence-corrected chi connectivity index (χ1v) is 7.81. The molecule has 5 nitrogen and oxygen atoms in total. The summed E-state index contributed by atoms with van der Waals surface area (Å²) in [6.45, 7) is -0.117. The zero-order valence-corrected chi connectivity index (χ0v) is 11.6. The molecule has 1 fully saturated rings. The fourth-order valence-electron chi connectivity index (χ4n) is 2.07. The first kappa shape index (κ1) is 13.6. The summed E-state index contributed by atoms with van der Waals surface area (Å²) in [4.78, 5) is 5.98. The molecule has 0 radical (unpaired) electrons. The van der Waals surface area contributed by atoms with Gasteiger partial charge in [-0.05, 0) is 18.1 Å². The first-order chi connectivity index (χ1) is 8.43. The van der Waals surface area contributed by atoms with Gasteiger partial charge in [-0.3, -0.25) is 0 Å². The average molecular weight is 291 g/mol. The smallest absolute Gasteiger partial charge is 0.152 e. The van der Waals surface area contributed by atoms with Crippen LogP contribution in [0, 0.1) is 0 Å². The van der Waals surface area contributed by atoms with E-state index in [2.05, 4.69) is 4.98 Å². The van der Waals surface area contributed by atoms with Crippen LogP contribution in [0.15, 0.2) is 12.3 Å². The van der Waals surface area contributed by atoms with E-state index in [9.17, 15) is 8.42 Å². The number of nitrogens with zero attached hydrogens (tertiary/aromatic N) is 2. The highest BCUT2D eigenvalue weighted by atomic mass is 35.5. The van der Waals surface area contributed by atoms with Crippen molar-refractivity contribution in [1.29, 1.82) is 0 Å². The summed E-state index contributed by atoms with van der Waals surface area (Å²) in [5.74, 6) is 0.911. The molecule has 1 aromatic heterocycles. The molecule has 0 spiro atoms. The van der Waals surface area contributed by atoms with Gasteiger partial charge in [-0.25, -0.2) is 13.4 Å². The number of hydrogen-bond donors (Lipinski definition) is 1. The molecule has 1 unspecified atom stereocenters. The third-order valence-electron chi connectivity index (χ3n) is 3.15. The van der Waals surface area contributed by atoms with Crippen LogP contribution in [0.5, 0.6) is 0 Å². The largest absolute Gasteiger partial charge is 0.392 e. The predicted molar refractivity (Wildman–Crippen MR) is 70.6 cm³/mol. The van der Waals surface area contributed by atoms with Crippen LogP contribution >= 0.6 is 11.6 Å². The molecule has 18 heavy (non-hydrogen) atoms. The standard InChI is InChI=1S/C11H15ClN2O3S/c1-14(9-2-3-18(16,17)7-9)11-10(12)4-8(6-15)5-13-11/h4-5,9,15H,2-3,6-7H2,1H3. The Morgan fingerprint density at radius 2 is 2.33 bits per heavy atom. The fraction of sp³-hybridized carbons (Fsp3) is 0.545. The zero-order valence-electron chi connectivity index (χ0n) is 10.0. The summed E-state index contributed by atoms with van der Waals surface area (Å²) in [5.41, 5.74) is 0.635. The predicted octanol–water partition coefficient (Wildman–Crippen LogP) is 0.851. The minimum Gasteiger partial charge on any atom is -0.392 e. The number of aliphatic hydroxyl groups excluding tert-OH is 1. The van der Waals surface area contributed by atoms with Crippen LogP contribution in [0.25, 0.3) is 0 Å². The van der Waals surface area contributed by atoms with Crippen molar-refractivity contribution in [3.05, 3.63) is 22.8 Å². The molecule has 1 saturated heterocycles. The van der Waals surface area contributed by atoms with E-state index in [1.165, 1.54) is 0 Å². The maximum Gasteiger partial charge on any atom is 0.152 e. The van der Waals surface area contributed by atoms with Gasteiger partial charge in [-0.2, -0.15) is 0 Å². The lowest BCUT2D eigenvalue weighted by molar-refractivity contribution is 0.281. The summed E-state index contributed by atoms with van der Waals surface area (Å²) in [6.07, 6.45) is 2.14. The molecule has 0 aliphatic carbocycles. The maximum absolute atomic E-state index is 11.4. The molecule has 1 atom stereocenters. The SMILES string of the molecule is CN(c1ncc(CO)cc1Cl)C1CCS(=O)(=O)C1. The minimum absolute atomic E-state index is 0.0834. The Balaban J connectivity index is 2.21. The van der Waals surface area contributed by atoms with Gasteiger partial charge in [0.05, 0.1) is 23.1 Å². The van der Waals surface area contributed by atoms with E-state index in [0.717, 1.165) is 0 Å². The summed E-state index contributed by atoms with van der Waals surface area (Å²) in [6, 6.07) is 1.56. The quantitative estimate of drug-likeness (QED) is 0.894. The van der Waals surface area contributed by atoms with Crippen LogP contribution in [0.2, 0.25) is 5.02 Å². The molecule has 2 heterocycles. The van der Waals surface area contributed by atoms with E-state index in [0.29, 0.717) is 22.8 Å². The van der Waals surface area contributed by atoms with Gasteiger partial charge >= 0.3 is 0 Å². The van der Waals surface area contributed by atoms with Crippen molar-refractivity contribution in [2.45, 2.75) is 19.1 Å². The van der Waals surface area contributed by atoms with Gasteiger partial charge in [-0.1, -0.05) is 11.6 Å². The Hall–Kier alpha value is -0.850. The molecule has 1 aliphatic heterocycles. The highest BCUT2D eigenvalue weighted by molar-refractivity contribution is 7.91. The molecule has 0 bridgehead atoms. The number of rotatable bonds is 3. The molecular formula is C11H15ClN2O3S. The highest BCUT2D eigenvalue weighted by Gasteiger charge is 2.31. The monoisotopic (exact) mass is 290 g/mol. The van der Waals surface area contributed by atoms with Crippen LogP contribution in [0.4, 0.5) is 5.82 Å². The second-order valence-electron chi connectivity index (χ2n) is 4.47. The summed E-state index contributed by atoms with van der Waals surface area (Å²) in [7, 11) is -1.14. The molecule has 1 aromatic rings. The normalized spacial score (nSPS) is 22.1. The van der Waals surface area contributed by atoms with Crippen LogP contribution in [0.1, 0.15) is 12.0 Å².